The van der Waals surface area contributed by atoms with Gasteiger partial charge in [0, 0.05) is 30.6 Å². The molecule has 0 radical (unpaired) electrons. The van der Waals surface area contributed by atoms with Crippen LogP contribution in [0.15, 0.2) is 29.4 Å². The van der Waals surface area contributed by atoms with Gasteiger partial charge in [-0.25, -0.2) is 4.98 Å². The average Bonchev–Trinajstić information content (AvgIpc) is 3.20. The predicted octanol–water partition coefficient (Wildman–Crippen LogP) is 2.94. The Balaban J connectivity index is 1.36. The van der Waals surface area contributed by atoms with E-state index in [1.165, 1.54) is 19.3 Å². The highest BCUT2D eigenvalue weighted by molar-refractivity contribution is 7.99. The molecule has 3 atom stereocenters. The van der Waals surface area contributed by atoms with E-state index in [0.29, 0.717) is 18.6 Å². The van der Waals surface area contributed by atoms with Gasteiger partial charge >= 0.3 is 0 Å². The molecule has 1 saturated heterocycles. The molecule has 1 N–H and O–H groups in total. The van der Waals surface area contributed by atoms with Gasteiger partial charge in [0.05, 0.1) is 11.6 Å². The van der Waals surface area contributed by atoms with Crippen LogP contribution < -0.4 is 5.32 Å². The number of pyridine rings is 1. The minimum atomic E-state index is 0.279. The largest absolute Gasteiger partial charge is 0.339 e. The molecule has 5 heteroatoms. The molecule has 1 amide bonds. The first-order valence-corrected chi connectivity index (χ1v) is 9.77. The van der Waals surface area contributed by atoms with Crippen molar-refractivity contribution in [3.63, 3.8) is 0 Å². The lowest BCUT2D eigenvalue weighted by Crippen LogP contribution is -2.42. The van der Waals surface area contributed by atoms with Gasteiger partial charge in [-0.1, -0.05) is 6.07 Å². The summed E-state index contributed by atoms with van der Waals surface area (Å²) >= 11 is 1.85. The summed E-state index contributed by atoms with van der Waals surface area (Å²) in [6, 6.07) is 7.00. The van der Waals surface area contributed by atoms with Crippen LogP contribution in [0.5, 0.6) is 0 Å². The molecule has 2 heterocycles. The van der Waals surface area contributed by atoms with Gasteiger partial charge in [0.1, 0.15) is 0 Å². The number of nitrogens with zero attached hydrogens (tertiary/aromatic N) is 2. The lowest BCUT2D eigenvalue weighted by atomic mass is 10.1. The third-order valence-corrected chi connectivity index (χ3v) is 6.24. The smallest absolute Gasteiger partial charge is 0.236 e. The fraction of sp³-hybridized carbons (Fsp3) is 0.667. The van der Waals surface area contributed by atoms with Gasteiger partial charge in [0.25, 0.3) is 0 Å². The fourth-order valence-corrected chi connectivity index (χ4v) is 4.70. The maximum atomic E-state index is 12.3. The summed E-state index contributed by atoms with van der Waals surface area (Å²) < 4.78 is 0. The van der Waals surface area contributed by atoms with E-state index in [0.717, 1.165) is 36.1 Å². The highest BCUT2D eigenvalue weighted by Gasteiger charge is 2.28. The van der Waals surface area contributed by atoms with Crippen LogP contribution in [0.2, 0.25) is 0 Å². The monoisotopic (exact) mass is 333 g/mol. The van der Waals surface area contributed by atoms with E-state index in [9.17, 15) is 4.79 Å². The predicted molar refractivity (Wildman–Crippen MR) is 94.5 cm³/mol. The summed E-state index contributed by atoms with van der Waals surface area (Å²) in [5.74, 6) is 2.15. The number of aromatic nitrogens is 1. The zero-order valence-corrected chi connectivity index (χ0v) is 14.7. The van der Waals surface area contributed by atoms with Crippen molar-refractivity contribution in [2.75, 3.05) is 18.8 Å². The van der Waals surface area contributed by atoms with Gasteiger partial charge in [0.2, 0.25) is 5.91 Å². The summed E-state index contributed by atoms with van der Waals surface area (Å²) in [7, 11) is 0. The third-order valence-electron chi connectivity index (χ3n) is 5.06. The van der Waals surface area contributed by atoms with Crippen LogP contribution in [-0.2, 0) is 4.79 Å². The number of amides is 1. The molecule has 0 unspecified atom stereocenters. The fourth-order valence-electron chi connectivity index (χ4n) is 3.68. The summed E-state index contributed by atoms with van der Waals surface area (Å²) in [6.07, 6.45) is 7.79. The molecule has 4 nitrogen and oxygen atoms in total. The van der Waals surface area contributed by atoms with Crippen LogP contribution in [0, 0.1) is 5.92 Å². The average molecular weight is 334 g/mol. The first kappa shape index (κ1) is 16.8. The molecule has 2 fully saturated rings. The molecule has 1 aliphatic heterocycles. The van der Waals surface area contributed by atoms with Gasteiger partial charge in [-0.15, -0.1) is 11.8 Å². The highest BCUT2D eigenvalue weighted by atomic mass is 32.2. The molecule has 2 aliphatic rings. The van der Waals surface area contributed by atoms with Crippen molar-refractivity contribution in [1.82, 2.24) is 15.2 Å². The summed E-state index contributed by atoms with van der Waals surface area (Å²) in [5, 5.41) is 4.60. The molecule has 0 bridgehead atoms. The summed E-state index contributed by atoms with van der Waals surface area (Å²) in [5.41, 5.74) is 0. The second-order valence-corrected chi connectivity index (χ2v) is 7.85. The van der Waals surface area contributed by atoms with Crippen molar-refractivity contribution in [2.45, 2.75) is 56.1 Å². The van der Waals surface area contributed by atoms with Crippen LogP contribution in [0.4, 0.5) is 0 Å². The van der Waals surface area contributed by atoms with Crippen LogP contribution >= 0.6 is 11.8 Å². The molecule has 0 aromatic carbocycles. The van der Waals surface area contributed by atoms with Gasteiger partial charge in [-0.05, 0) is 57.1 Å². The number of carbonyl (C=O) groups excluding carboxylic acids is 1. The van der Waals surface area contributed by atoms with E-state index in [-0.39, 0.29) is 5.91 Å². The van der Waals surface area contributed by atoms with Gasteiger partial charge in [0.15, 0.2) is 0 Å². The van der Waals surface area contributed by atoms with E-state index in [4.69, 9.17) is 0 Å². The van der Waals surface area contributed by atoms with Gasteiger partial charge in [-0.2, -0.15) is 0 Å². The van der Waals surface area contributed by atoms with E-state index in [1.807, 2.05) is 35.0 Å². The Bertz CT molecular complexity index is 510. The molecular weight excluding hydrogens is 306 g/mol. The van der Waals surface area contributed by atoms with Gasteiger partial charge in [-0.3, -0.25) is 4.79 Å². The standard InChI is InChI=1S/C18H27N3OS/c1-14-5-4-10-21(14)18(22)12-20-16-8-7-15(11-16)13-23-17-6-2-3-9-19-17/h2-3,6,9,14-16,20H,4-5,7-8,10-13H2,1H3/t14-,15-,16+/m1/s1. The SMILES string of the molecule is C[C@@H]1CCCN1C(=O)CN[C@H]1CC[C@@H](CSc2ccccn2)C1. The van der Waals surface area contributed by atoms with E-state index < -0.39 is 0 Å². The molecular formula is C18H27N3OS. The molecule has 23 heavy (non-hydrogen) atoms. The Kier molecular flexibility index (Phi) is 5.95. The first-order chi connectivity index (χ1) is 11.2. The van der Waals surface area contributed by atoms with Gasteiger partial charge < -0.3 is 10.2 Å². The molecule has 1 aromatic heterocycles. The van der Waals surface area contributed by atoms with Crippen LogP contribution in [-0.4, -0.2) is 46.7 Å². The zero-order valence-electron chi connectivity index (χ0n) is 13.9. The maximum Gasteiger partial charge on any atom is 0.236 e. The highest BCUT2D eigenvalue weighted by Crippen LogP contribution is 2.30. The number of likely N-dealkylation sites (tertiary alicyclic amines) is 1. The van der Waals surface area contributed by atoms with Crippen LogP contribution in [0.1, 0.15) is 39.0 Å². The normalized spacial score (nSPS) is 27.5. The number of thioether (sulfide) groups is 1. The third kappa shape index (κ3) is 4.70. The summed E-state index contributed by atoms with van der Waals surface area (Å²) in [6.45, 7) is 3.61. The lowest BCUT2D eigenvalue weighted by molar-refractivity contribution is -0.130. The number of hydrogen-bond acceptors (Lipinski definition) is 4. The van der Waals surface area contributed by atoms with Crippen LogP contribution in [0.3, 0.4) is 0 Å². The minimum absolute atomic E-state index is 0.279. The van der Waals surface area contributed by atoms with Crippen molar-refractivity contribution in [2.24, 2.45) is 5.92 Å². The second-order valence-electron chi connectivity index (χ2n) is 6.81. The summed E-state index contributed by atoms with van der Waals surface area (Å²) in [4.78, 5) is 18.7. The van der Waals surface area contributed by atoms with Crippen LogP contribution in [0.25, 0.3) is 0 Å². The Morgan fingerprint density at radius 1 is 1.39 bits per heavy atom. The number of hydrogen-bond donors (Lipinski definition) is 1. The molecule has 3 rings (SSSR count). The van der Waals surface area contributed by atoms with E-state index >= 15 is 0 Å². The Morgan fingerprint density at radius 2 is 2.30 bits per heavy atom. The first-order valence-electron chi connectivity index (χ1n) is 8.79. The minimum Gasteiger partial charge on any atom is -0.339 e. The Morgan fingerprint density at radius 3 is 3.04 bits per heavy atom. The van der Waals surface area contributed by atoms with E-state index in [2.05, 4.69) is 23.3 Å². The molecule has 1 saturated carbocycles. The van der Waals surface area contributed by atoms with Crippen molar-refractivity contribution >= 4 is 17.7 Å². The number of carbonyl (C=O) groups is 1. The van der Waals surface area contributed by atoms with Crippen molar-refractivity contribution in [1.29, 1.82) is 0 Å². The van der Waals surface area contributed by atoms with Crippen molar-refractivity contribution in [3.8, 4) is 0 Å². The molecule has 0 spiro atoms. The van der Waals surface area contributed by atoms with Crippen molar-refractivity contribution < 1.29 is 4.79 Å². The van der Waals surface area contributed by atoms with E-state index in [1.54, 1.807) is 0 Å². The van der Waals surface area contributed by atoms with Crippen molar-refractivity contribution in [3.05, 3.63) is 24.4 Å². The second kappa shape index (κ2) is 8.15. The molecule has 126 valence electrons. The number of nitrogens with one attached hydrogen (secondary N) is 1. The topological polar surface area (TPSA) is 45.2 Å². The Hall–Kier alpha value is -1.07. The zero-order chi connectivity index (χ0) is 16.1. The molecule has 1 aliphatic carbocycles. The molecule has 1 aromatic rings. The lowest BCUT2D eigenvalue weighted by Gasteiger charge is -2.22. The Labute approximate surface area is 143 Å². The quantitative estimate of drug-likeness (QED) is 0.813. The number of rotatable bonds is 6. The maximum absolute atomic E-state index is 12.3.